The SMILES string of the molecule is NCC(N)=NC(CO)C(=O)C(N)=O. The highest BCUT2D eigenvalue weighted by atomic mass is 16.3. The van der Waals surface area contributed by atoms with Crippen LogP contribution < -0.4 is 17.2 Å². The zero-order valence-corrected chi connectivity index (χ0v) is 6.93. The van der Waals surface area contributed by atoms with Crippen molar-refractivity contribution in [3.63, 3.8) is 0 Å². The molecule has 1 unspecified atom stereocenters. The molecule has 0 aliphatic rings. The van der Waals surface area contributed by atoms with Crippen molar-refractivity contribution in [3.05, 3.63) is 0 Å². The third-order valence-corrected chi connectivity index (χ3v) is 1.25. The average Bonchev–Trinajstić information content (AvgIpc) is 2.12. The topological polar surface area (TPSA) is 145 Å². The quantitative estimate of drug-likeness (QED) is 0.203. The normalized spacial score (nSPS) is 13.8. The summed E-state index contributed by atoms with van der Waals surface area (Å²) < 4.78 is 0. The van der Waals surface area contributed by atoms with Gasteiger partial charge in [-0.2, -0.15) is 0 Å². The fourth-order valence-electron chi connectivity index (χ4n) is 0.599. The zero-order chi connectivity index (χ0) is 10.4. The number of hydrogen-bond acceptors (Lipinski definition) is 5. The Labute approximate surface area is 74.6 Å². The highest BCUT2D eigenvalue weighted by molar-refractivity contribution is 6.37. The summed E-state index contributed by atoms with van der Waals surface area (Å²) in [5.41, 5.74) is 15.0. The summed E-state index contributed by atoms with van der Waals surface area (Å²) in [6.07, 6.45) is 0. The molecule has 0 aliphatic carbocycles. The maximum Gasteiger partial charge on any atom is 0.287 e. The molecule has 0 heterocycles. The number of Topliss-reactive ketones (excluding diaryl/α,β-unsaturated/α-hetero) is 1. The molecule has 13 heavy (non-hydrogen) atoms. The van der Waals surface area contributed by atoms with E-state index in [0.717, 1.165) is 0 Å². The monoisotopic (exact) mass is 188 g/mol. The Hall–Kier alpha value is -1.47. The third-order valence-electron chi connectivity index (χ3n) is 1.25. The lowest BCUT2D eigenvalue weighted by molar-refractivity contribution is -0.137. The van der Waals surface area contributed by atoms with E-state index in [1.807, 2.05) is 0 Å². The number of rotatable bonds is 5. The summed E-state index contributed by atoms with van der Waals surface area (Å²) in [7, 11) is 0. The molecule has 0 bridgehead atoms. The molecule has 1 amide bonds. The Morgan fingerprint density at radius 3 is 2.23 bits per heavy atom. The molecule has 0 aliphatic heterocycles. The van der Waals surface area contributed by atoms with Crippen LogP contribution in [0.3, 0.4) is 0 Å². The van der Waals surface area contributed by atoms with Gasteiger partial charge in [-0.1, -0.05) is 0 Å². The fourth-order valence-corrected chi connectivity index (χ4v) is 0.599. The minimum atomic E-state index is -1.24. The molecule has 0 spiro atoms. The van der Waals surface area contributed by atoms with Crippen LogP contribution in [0, 0.1) is 0 Å². The number of nitrogens with zero attached hydrogens (tertiary/aromatic N) is 1. The summed E-state index contributed by atoms with van der Waals surface area (Å²) in [6, 6.07) is -1.24. The van der Waals surface area contributed by atoms with E-state index in [2.05, 4.69) is 10.7 Å². The predicted molar refractivity (Wildman–Crippen MR) is 45.8 cm³/mol. The summed E-state index contributed by atoms with van der Waals surface area (Å²) in [5, 5.41) is 8.66. The van der Waals surface area contributed by atoms with Gasteiger partial charge in [-0.05, 0) is 0 Å². The van der Waals surface area contributed by atoms with Crippen LogP contribution in [-0.2, 0) is 9.59 Å². The van der Waals surface area contributed by atoms with E-state index < -0.39 is 24.3 Å². The molecular weight excluding hydrogens is 176 g/mol. The van der Waals surface area contributed by atoms with Crippen LogP contribution in [-0.4, -0.2) is 41.8 Å². The number of carbonyl (C=O) groups is 2. The van der Waals surface area contributed by atoms with E-state index in [-0.39, 0.29) is 12.4 Å². The van der Waals surface area contributed by atoms with Gasteiger partial charge in [0.1, 0.15) is 11.9 Å². The van der Waals surface area contributed by atoms with Gasteiger partial charge in [0.15, 0.2) is 0 Å². The van der Waals surface area contributed by atoms with Crippen LogP contribution in [0.4, 0.5) is 0 Å². The Kier molecular flexibility index (Phi) is 4.63. The second kappa shape index (κ2) is 5.22. The molecule has 0 rings (SSSR count). The summed E-state index contributed by atoms with van der Waals surface area (Å²) in [6.45, 7) is -0.676. The van der Waals surface area contributed by atoms with E-state index in [1.165, 1.54) is 0 Å². The third kappa shape index (κ3) is 3.63. The number of amides is 1. The Morgan fingerprint density at radius 2 is 1.92 bits per heavy atom. The maximum atomic E-state index is 10.9. The molecular formula is C6H12N4O3. The van der Waals surface area contributed by atoms with Crippen molar-refractivity contribution in [1.29, 1.82) is 0 Å². The van der Waals surface area contributed by atoms with Crippen molar-refractivity contribution < 1.29 is 14.7 Å². The fraction of sp³-hybridized carbons (Fsp3) is 0.500. The smallest absolute Gasteiger partial charge is 0.287 e. The van der Waals surface area contributed by atoms with Gasteiger partial charge in [-0.15, -0.1) is 0 Å². The highest BCUT2D eigenvalue weighted by Crippen LogP contribution is 1.91. The lowest BCUT2D eigenvalue weighted by atomic mass is 10.2. The van der Waals surface area contributed by atoms with Gasteiger partial charge in [0.25, 0.3) is 5.91 Å². The van der Waals surface area contributed by atoms with Crippen molar-refractivity contribution in [2.24, 2.45) is 22.2 Å². The number of primary amides is 1. The molecule has 74 valence electrons. The molecule has 7 heteroatoms. The van der Waals surface area contributed by atoms with E-state index in [1.54, 1.807) is 0 Å². The van der Waals surface area contributed by atoms with Crippen molar-refractivity contribution in [1.82, 2.24) is 0 Å². The van der Waals surface area contributed by atoms with Crippen LogP contribution in [0.2, 0.25) is 0 Å². The number of amidine groups is 1. The number of nitrogens with two attached hydrogens (primary N) is 3. The van der Waals surface area contributed by atoms with Gasteiger partial charge in [0, 0.05) is 0 Å². The summed E-state index contributed by atoms with van der Waals surface area (Å²) >= 11 is 0. The van der Waals surface area contributed by atoms with E-state index >= 15 is 0 Å². The minimum absolute atomic E-state index is 0.0198. The first kappa shape index (κ1) is 11.5. The molecule has 0 fully saturated rings. The number of aliphatic hydroxyl groups is 1. The first-order chi connectivity index (χ1) is 6.02. The number of hydrogen-bond donors (Lipinski definition) is 4. The van der Waals surface area contributed by atoms with Gasteiger partial charge < -0.3 is 22.3 Å². The molecule has 0 aromatic heterocycles. The summed E-state index contributed by atoms with van der Waals surface area (Å²) in [5.74, 6) is -2.17. The van der Waals surface area contributed by atoms with Crippen LogP contribution in [0.1, 0.15) is 0 Å². The van der Waals surface area contributed by atoms with Crippen molar-refractivity contribution in [2.45, 2.75) is 6.04 Å². The molecule has 0 radical (unpaired) electrons. The lowest BCUT2D eigenvalue weighted by Crippen LogP contribution is -2.37. The van der Waals surface area contributed by atoms with Gasteiger partial charge in [0.05, 0.1) is 13.2 Å². The van der Waals surface area contributed by atoms with E-state index in [4.69, 9.17) is 16.6 Å². The first-order valence-electron chi connectivity index (χ1n) is 3.49. The number of aliphatic hydroxyl groups excluding tert-OH is 1. The Balaban J connectivity index is 4.52. The highest BCUT2D eigenvalue weighted by Gasteiger charge is 2.21. The van der Waals surface area contributed by atoms with Crippen LogP contribution >= 0.6 is 0 Å². The van der Waals surface area contributed by atoms with Crippen molar-refractivity contribution in [2.75, 3.05) is 13.2 Å². The molecule has 0 aromatic rings. The summed E-state index contributed by atoms with van der Waals surface area (Å²) in [4.78, 5) is 24.8. The largest absolute Gasteiger partial charge is 0.394 e. The second-order valence-corrected chi connectivity index (χ2v) is 2.25. The van der Waals surface area contributed by atoms with Gasteiger partial charge in [0.2, 0.25) is 5.78 Å². The van der Waals surface area contributed by atoms with Crippen molar-refractivity contribution >= 4 is 17.5 Å². The zero-order valence-electron chi connectivity index (χ0n) is 6.93. The number of carbonyl (C=O) groups excluding carboxylic acids is 2. The standard InChI is InChI=1S/C6H12N4O3/c7-1-4(8)10-3(2-11)5(12)6(9)13/h3,11H,1-2,7H2,(H2,8,10)(H2,9,13). The number of aliphatic imine (C=N–C) groups is 1. The Morgan fingerprint density at radius 1 is 1.38 bits per heavy atom. The predicted octanol–water partition coefficient (Wildman–Crippen LogP) is -3.28. The maximum absolute atomic E-state index is 10.9. The Bertz CT molecular complexity index is 238. The molecule has 7 nitrogen and oxygen atoms in total. The van der Waals surface area contributed by atoms with Crippen LogP contribution in [0.5, 0.6) is 0 Å². The van der Waals surface area contributed by atoms with E-state index in [9.17, 15) is 9.59 Å². The van der Waals surface area contributed by atoms with E-state index in [0.29, 0.717) is 0 Å². The molecule has 0 saturated heterocycles. The molecule has 7 N–H and O–H groups in total. The van der Waals surface area contributed by atoms with Gasteiger partial charge in [-0.25, -0.2) is 0 Å². The second-order valence-electron chi connectivity index (χ2n) is 2.25. The molecule has 1 atom stereocenters. The number of ketones is 1. The van der Waals surface area contributed by atoms with Gasteiger partial charge >= 0.3 is 0 Å². The molecule has 0 saturated carbocycles. The lowest BCUT2D eigenvalue weighted by Gasteiger charge is -2.06. The minimum Gasteiger partial charge on any atom is -0.394 e. The van der Waals surface area contributed by atoms with Crippen LogP contribution in [0.25, 0.3) is 0 Å². The first-order valence-corrected chi connectivity index (χ1v) is 3.49. The average molecular weight is 188 g/mol. The molecule has 0 aromatic carbocycles. The van der Waals surface area contributed by atoms with Gasteiger partial charge in [-0.3, -0.25) is 14.6 Å². The van der Waals surface area contributed by atoms with Crippen molar-refractivity contribution in [3.8, 4) is 0 Å². The van der Waals surface area contributed by atoms with Crippen LogP contribution in [0.15, 0.2) is 4.99 Å².